The van der Waals surface area contributed by atoms with Gasteiger partial charge in [-0.15, -0.1) is 0 Å². The van der Waals surface area contributed by atoms with Crippen LogP contribution in [0.2, 0.25) is 0 Å². The van der Waals surface area contributed by atoms with Crippen LogP contribution in [0.3, 0.4) is 0 Å². The summed E-state index contributed by atoms with van der Waals surface area (Å²) < 4.78 is 12.0. The molecule has 1 N–H and O–H groups in total. The fourth-order valence-corrected chi connectivity index (χ4v) is 2.62. The quantitative estimate of drug-likeness (QED) is 0.735. The maximum Gasteiger partial charge on any atom is 0.306 e. The van der Waals surface area contributed by atoms with Crippen LogP contribution >= 0.6 is 0 Å². The molecule has 0 fully saturated rings. The summed E-state index contributed by atoms with van der Waals surface area (Å²) in [6, 6.07) is 6.62. The van der Waals surface area contributed by atoms with E-state index in [1.165, 1.54) is 7.11 Å². The zero-order valence-corrected chi connectivity index (χ0v) is 13.2. The first-order chi connectivity index (χ1) is 11.5. The van der Waals surface area contributed by atoms with Crippen LogP contribution in [0.25, 0.3) is 11.0 Å². The molecule has 0 bridgehead atoms. The van der Waals surface area contributed by atoms with E-state index in [1.807, 2.05) is 0 Å². The number of hydrogen-bond donors (Lipinski definition) is 1. The Bertz CT molecular complexity index is 957. The Morgan fingerprint density at radius 1 is 1.42 bits per heavy atom. The van der Waals surface area contributed by atoms with Gasteiger partial charge in [-0.05, 0) is 12.1 Å². The van der Waals surface area contributed by atoms with E-state index in [0.29, 0.717) is 11.1 Å². The minimum Gasteiger partial charge on any atom is -0.502 e. The van der Waals surface area contributed by atoms with E-state index in [0.717, 1.165) is 0 Å². The zero-order valence-electron chi connectivity index (χ0n) is 13.2. The van der Waals surface area contributed by atoms with Gasteiger partial charge in [-0.2, -0.15) is 5.10 Å². The van der Waals surface area contributed by atoms with E-state index in [-0.39, 0.29) is 17.6 Å². The highest BCUT2D eigenvalue weighted by molar-refractivity contribution is 5.78. The van der Waals surface area contributed by atoms with Gasteiger partial charge in [0, 0.05) is 18.8 Å². The van der Waals surface area contributed by atoms with Crippen molar-refractivity contribution in [2.75, 3.05) is 7.11 Å². The topological polar surface area (TPSA) is 94.6 Å². The number of carbonyl (C=O) groups excluding carboxylic acids is 1. The van der Waals surface area contributed by atoms with Crippen molar-refractivity contribution in [1.82, 2.24) is 9.78 Å². The van der Waals surface area contributed by atoms with Gasteiger partial charge in [0.15, 0.2) is 5.76 Å². The summed E-state index contributed by atoms with van der Waals surface area (Å²) in [7, 11) is 3.01. The molecule has 124 valence electrons. The molecule has 24 heavy (non-hydrogen) atoms. The van der Waals surface area contributed by atoms with Crippen LogP contribution in [0.1, 0.15) is 23.7 Å². The van der Waals surface area contributed by atoms with Gasteiger partial charge in [0.2, 0.25) is 11.2 Å². The largest absolute Gasteiger partial charge is 0.502 e. The van der Waals surface area contributed by atoms with Crippen molar-refractivity contribution in [2.45, 2.75) is 12.3 Å². The predicted octanol–water partition coefficient (Wildman–Crippen LogP) is 1.93. The van der Waals surface area contributed by atoms with Gasteiger partial charge in [-0.25, -0.2) is 0 Å². The molecule has 2 heterocycles. The Morgan fingerprint density at radius 3 is 2.83 bits per heavy atom. The second-order valence-electron chi connectivity index (χ2n) is 5.42. The molecule has 0 spiro atoms. The van der Waals surface area contributed by atoms with E-state index in [9.17, 15) is 14.7 Å². The summed E-state index contributed by atoms with van der Waals surface area (Å²) in [6.45, 7) is 0. The fraction of sp³-hybridized carbons (Fsp3) is 0.235. The van der Waals surface area contributed by atoms with Crippen molar-refractivity contribution >= 4 is 16.9 Å². The van der Waals surface area contributed by atoms with E-state index < -0.39 is 23.1 Å². The molecule has 2 aromatic heterocycles. The number of benzene rings is 1. The van der Waals surface area contributed by atoms with Crippen molar-refractivity contribution in [2.24, 2.45) is 7.05 Å². The highest BCUT2D eigenvalue weighted by Crippen LogP contribution is 2.34. The molecule has 7 heteroatoms. The summed E-state index contributed by atoms with van der Waals surface area (Å²) in [5.74, 6) is -1.65. The molecule has 0 saturated carbocycles. The third kappa shape index (κ3) is 2.76. The maximum absolute atomic E-state index is 12.4. The first kappa shape index (κ1) is 15.8. The van der Waals surface area contributed by atoms with Gasteiger partial charge >= 0.3 is 5.97 Å². The lowest BCUT2D eigenvalue weighted by Crippen LogP contribution is -2.13. The Morgan fingerprint density at radius 2 is 2.17 bits per heavy atom. The summed E-state index contributed by atoms with van der Waals surface area (Å²) in [4.78, 5) is 24.2. The van der Waals surface area contributed by atoms with Crippen molar-refractivity contribution < 1.29 is 19.1 Å². The van der Waals surface area contributed by atoms with Crippen molar-refractivity contribution in [3.05, 3.63) is 58.2 Å². The van der Waals surface area contributed by atoms with Crippen LogP contribution in [0.4, 0.5) is 0 Å². The maximum atomic E-state index is 12.4. The molecule has 0 radical (unpaired) electrons. The standard InChI is InChI=1S/C17H16N2O5/c1-19-9-10(8-18-19)12(7-14(20)23-2)17-16(22)15(21)11-5-3-4-6-13(11)24-17/h3-6,8-9,12,22H,7H2,1-2H3. The molecule has 0 aliphatic carbocycles. The summed E-state index contributed by atoms with van der Waals surface area (Å²) in [5, 5.41) is 14.7. The number of ether oxygens (including phenoxy) is 1. The van der Waals surface area contributed by atoms with Crippen LogP contribution in [0.15, 0.2) is 45.9 Å². The van der Waals surface area contributed by atoms with Crippen LogP contribution in [0.5, 0.6) is 5.75 Å². The molecule has 3 rings (SSSR count). The Hall–Kier alpha value is -3.09. The fourth-order valence-electron chi connectivity index (χ4n) is 2.62. The van der Waals surface area contributed by atoms with Crippen LogP contribution in [-0.2, 0) is 16.6 Å². The summed E-state index contributed by atoms with van der Waals surface area (Å²) in [6.07, 6.45) is 3.17. The monoisotopic (exact) mass is 328 g/mol. The number of aryl methyl sites for hydroxylation is 1. The number of methoxy groups -OCH3 is 1. The first-order valence-electron chi connectivity index (χ1n) is 7.31. The van der Waals surface area contributed by atoms with Gasteiger partial charge in [0.1, 0.15) is 5.58 Å². The average molecular weight is 328 g/mol. The summed E-state index contributed by atoms with van der Waals surface area (Å²) in [5.41, 5.74) is 0.441. The molecular formula is C17H16N2O5. The lowest BCUT2D eigenvalue weighted by atomic mass is 9.94. The number of fused-ring (bicyclic) bond motifs is 1. The average Bonchev–Trinajstić information content (AvgIpc) is 3.02. The van der Waals surface area contributed by atoms with Gasteiger partial charge in [-0.1, -0.05) is 12.1 Å². The third-order valence-corrected chi connectivity index (χ3v) is 3.84. The molecule has 3 aromatic rings. The minimum atomic E-state index is -0.677. The van der Waals surface area contributed by atoms with Gasteiger partial charge in [0.05, 0.1) is 31.0 Å². The lowest BCUT2D eigenvalue weighted by Gasteiger charge is -2.15. The Labute approximate surface area is 137 Å². The molecule has 0 amide bonds. The number of nitrogens with zero attached hydrogens (tertiary/aromatic N) is 2. The number of aromatic nitrogens is 2. The molecule has 0 aliphatic heterocycles. The lowest BCUT2D eigenvalue weighted by molar-refractivity contribution is -0.140. The molecule has 0 aliphatic rings. The first-order valence-corrected chi connectivity index (χ1v) is 7.31. The van der Waals surface area contributed by atoms with Crippen molar-refractivity contribution in [1.29, 1.82) is 0 Å². The normalized spacial score (nSPS) is 12.2. The van der Waals surface area contributed by atoms with Crippen LogP contribution in [-0.4, -0.2) is 28.0 Å². The molecule has 1 atom stereocenters. The molecular weight excluding hydrogens is 312 g/mol. The van der Waals surface area contributed by atoms with E-state index in [1.54, 1.807) is 48.4 Å². The second-order valence-corrected chi connectivity index (χ2v) is 5.42. The van der Waals surface area contributed by atoms with Crippen molar-refractivity contribution in [3.8, 4) is 5.75 Å². The Balaban J connectivity index is 2.20. The van der Waals surface area contributed by atoms with Gasteiger partial charge in [-0.3, -0.25) is 14.3 Å². The highest BCUT2D eigenvalue weighted by Gasteiger charge is 2.27. The molecule has 7 nitrogen and oxygen atoms in total. The highest BCUT2D eigenvalue weighted by atomic mass is 16.5. The molecule has 0 saturated heterocycles. The number of esters is 1. The Kier molecular flexibility index (Phi) is 4.07. The molecule has 1 unspecified atom stereocenters. The van der Waals surface area contributed by atoms with Crippen LogP contribution < -0.4 is 5.43 Å². The van der Waals surface area contributed by atoms with Gasteiger partial charge in [0.25, 0.3) is 0 Å². The number of para-hydroxylation sites is 1. The minimum absolute atomic E-state index is 0.0251. The van der Waals surface area contributed by atoms with Gasteiger partial charge < -0.3 is 14.3 Å². The zero-order chi connectivity index (χ0) is 17.3. The third-order valence-electron chi connectivity index (χ3n) is 3.84. The number of carbonyl (C=O) groups is 1. The number of aromatic hydroxyl groups is 1. The second kappa shape index (κ2) is 6.19. The molecule has 1 aromatic carbocycles. The van der Waals surface area contributed by atoms with Crippen molar-refractivity contribution in [3.63, 3.8) is 0 Å². The smallest absolute Gasteiger partial charge is 0.306 e. The number of hydrogen-bond acceptors (Lipinski definition) is 6. The summed E-state index contributed by atoms with van der Waals surface area (Å²) >= 11 is 0. The SMILES string of the molecule is COC(=O)CC(c1cnn(C)c1)c1oc2ccccc2c(=O)c1O. The predicted molar refractivity (Wildman–Crippen MR) is 85.8 cm³/mol. The van der Waals surface area contributed by atoms with E-state index >= 15 is 0 Å². The van der Waals surface area contributed by atoms with E-state index in [2.05, 4.69) is 5.10 Å². The number of rotatable bonds is 4. The van der Waals surface area contributed by atoms with E-state index in [4.69, 9.17) is 9.15 Å². The van der Waals surface area contributed by atoms with Crippen LogP contribution in [0, 0.1) is 0 Å².